The third kappa shape index (κ3) is 6.65. The summed E-state index contributed by atoms with van der Waals surface area (Å²) in [5, 5.41) is 3.44. The predicted molar refractivity (Wildman–Crippen MR) is 133 cm³/mol. The van der Waals surface area contributed by atoms with Gasteiger partial charge in [0, 0.05) is 30.5 Å². The number of aromatic nitrogens is 2. The summed E-state index contributed by atoms with van der Waals surface area (Å²) in [5.74, 6) is 1.71. The van der Waals surface area contributed by atoms with E-state index in [-0.39, 0.29) is 17.4 Å². The Hall–Kier alpha value is -3.19. The van der Waals surface area contributed by atoms with Crippen molar-refractivity contribution in [2.45, 2.75) is 31.3 Å². The van der Waals surface area contributed by atoms with Gasteiger partial charge in [0.25, 0.3) is 0 Å². The number of hydrogen-bond donors (Lipinski definition) is 1. The van der Waals surface area contributed by atoms with Crippen molar-refractivity contribution in [1.29, 1.82) is 0 Å². The molecular formula is C26H28N4O2S. The molecule has 6 nitrogen and oxygen atoms in total. The van der Waals surface area contributed by atoms with Crippen molar-refractivity contribution in [3.8, 4) is 0 Å². The van der Waals surface area contributed by atoms with Crippen LogP contribution in [0.4, 0.5) is 11.5 Å². The third-order valence-electron chi connectivity index (χ3n) is 5.83. The van der Waals surface area contributed by atoms with Crippen molar-refractivity contribution in [2.24, 2.45) is 5.92 Å². The Morgan fingerprint density at radius 2 is 1.76 bits per heavy atom. The minimum atomic E-state index is -0.133. The lowest BCUT2D eigenvalue weighted by atomic mass is 9.90. The number of carbonyl (C=O) groups is 2. The Labute approximate surface area is 198 Å². The highest BCUT2D eigenvalue weighted by Gasteiger charge is 2.21. The molecule has 0 radical (unpaired) electrons. The largest absolute Gasteiger partial charge is 0.356 e. The minimum Gasteiger partial charge on any atom is -0.356 e. The van der Waals surface area contributed by atoms with Crippen molar-refractivity contribution >= 4 is 35.0 Å². The average Bonchev–Trinajstić information content (AvgIpc) is 2.84. The molecule has 2 aromatic carbocycles. The number of nitrogens with one attached hydrogen (secondary N) is 1. The van der Waals surface area contributed by atoms with Crippen molar-refractivity contribution in [2.75, 3.05) is 29.1 Å². The van der Waals surface area contributed by atoms with E-state index < -0.39 is 0 Å². The Kier molecular flexibility index (Phi) is 7.73. The lowest BCUT2D eigenvalue weighted by Gasteiger charge is -2.33. The van der Waals surface area contributed by atoms with Crippen LogP contribution < -0.4 is 10.2 Å². The highest BCUT2D eigenvalue weighted by molar-refractivity contribution is 7.99. The molecule has 1 saturated heterocycles. The lowest BCUT2D eigenvalue weighted by molar-refractivity contribution is -0.113. The lowest BCUT2D eigenvalue weighted by Crippen LogP contribution is -2.35. The second kappa shape index (κ2) is 11.1. The minimum absolute atomic E-state index is 0.000818. The first-order valence-corrected chi connectivity index (χ1v) is 12.2. The molecule has 2 heterocycles. The van der Waals surface area contributed by atoms with Gasteiger partial charge in [0.15, 0.2) is 10.9 Å². The van der Waals surface area contributed by atoms with E-state index in [1.54, 1.807) is 30.5 Å². The second-order valence-corrected chi connectivity index (χ2v) is 9.23. The summed E-state index contributed by atoms with van der Waals surface area (Å²) in [4.78, 5) is 35.0. The highest BCUT2D eigenvalue weighted by atomic mass is 32.2. The number of carbonyl (C=O) groups excluding carboxylic acids is 2. The molecule has 0 bridgehead atoms. The number of Topliss-reactive ketones (excluding diaryl/α,β-unsaturated/α-hetero) is 1. The Balaban J connectivity index is 1.25. The number of rotatable bonds is 8. The fourth-order valence-corrected chi connectivity index (χ4v) is 4.63. The fourth-order valence-electron chi connectivity index (χ4n) is 4.01. The molecule has 1 fully saturated rings. The number of anilines is 2. The van der Waals surface area contributed by atoms with Gasteiger partial charge in [-0.05, 0) is 68.0 Å². The summed E-state index contributed by atoms with van der Waals surface area (Å²) in [6, 6.07) is 19.5. The fraction of sp³-hybridized carbons (Fsp3) is 0.308. The van der Waals surface area contributed by atoms with Crippen LogP contribution in [0, 0.1) is 5.92 Å². The van der Waals surface area contributed by atoms with Crippen LogP contribution in [0.25, 0.3) is 0 Å². The molecule has 1 N–H and O–H groups in total. The summed E-state index contributed by atoms with van der Waals surface area (Å²) in [5.41, 5.74) is 2.69. The molecule has 1 aliphatic rings. The van der Waals surface area contributed by atoms with Crippen LogP contribution in [-0.2, 0) is 11.2 Å². The summed E-state index contributed by atoms with van der Waals surface area (Å²) in [7, 11) is 0. The Morgan fingerprint density at radius 1 is 1.03 bits per heavy atom. The van der Waals surface area contributed by atoms with E-state index in [4.69, 9.17) is 0 Å². The van der Waals surface area contributed by atoms with Crippen LogP contribution in [0.15, 0.2) is 72.0 Å². The third-order valence-corrected chi connectivity index (χ3v) is 6.69. The number of hydrogen-bond acceptors (Lipinski definition) is 6. The van der Waals surface area contributed by atoms with E-state index in [0.717, 1.165) is 38.2 Å². The van der Waals surface area contributed by atoms with Gasteiger partial charge in [-0.15, -0.1) is 0 Å². The van der Waals surface area contributed by atoms with Gasteiger partial charge >= 0.3 is 0 Å². The molecule has 0 aliphatic carbocycles. The quantitative estimate of drug-likeness (QED) is 0.294. The van der Waals surface area contributed by atoms with Crippen LogP contribution in [0.1, 0.15) is 35.7 Å². The van der Waals surface area contributed by atoms with Gasteiger partial charge in [-0.25, -0.2) is 9.97 Å². The van der Waals surface area contributed by atoms with Gasteiger partial charge in [-0.1, -0.05) is 42.1 Å². The number of piperidine rings is 1. The normalized spacial score (nSPS) is 14.2. The average molecular weight is 461 g/mol. The summed E-state index contributed by atoms with van der Waals surface area (Å²) in [6.45, 7) is 3.48. The van der Waals surface area contributed by atoms with Crippen LogP contribution in [0.2, 0.25) is 0 Å². The smallest absolute Gasteiger partial charge is 0.234 e. The van der Waals surface area contributed by atoms with Gasteiger partial charge in [0.1, 0.15) is 5.82 Å². The van der Waals surface area contributed by atoms with Gasteiger partial charge in [0.2, 0.25) is 5.91 Å². The predicted octanol–water partition coefficient (Wildman–Crippen LogP) is 4.87. The molecule has 0 spiro atoms. The van der Waals surface area contributed by atoms with Crippen molar-refractivity contribution in [3.05, 3.63) is 78.0 Å². The molecule has 1 amide bonds. The van der Waals surface area contributed by atoms with Crippen molar-refractivity contribution < 1.29 is 9.59 Å². The maximum Gasteiger partial charge on any atom is 0.234 e. The zero-order valence-corrected chi connectivity index (χ0v) is 19.6. The Morgan fingerprint density at radius 3 is 2.45 bits per heavy atom. The molecule has 0 saturated carbocycles. The number of amides is 1. The first kappa shape index (κ1) is 23.0. The molecule has 4 rings (SSSR count). The van der Waals surface area contributed by atoms with Crippen LogP contribution in [0.5, 0.6) is 0 Å². The van der Waals surface area contributed by atoms with E-state index in [0.29, 0.717) is 22.3 Å². The molecule has 170 valence electrons. The highest BCUT2D eigenvalue weighted by Crippen LogP contribution is 2.26. The first-order chi connectivity index (χ1) is 16.1. The molecule has 33 heavy (non-hydrogen) atoms. The zero-order chi connectivity index (χ0) is 23.0. The van der Waals surface area contributed by atoms with Gasteiger partial charge in [-0.3, -0.25) is 9.59 Å². The molecule has 7 heteroatoms. The molecule has 0 atom stereocenters. The van der Waals surface area contributed by atoms with Gasteiger partial charge in [-0.2, -0.15) is 0 Å². The van der Waals surface area contributed by atoms with Crippen molar-refractivity contribution in [1.82, 2.24) is 9.97 Å². The molecule has 0 unspecified atom stereocenters. The van der Waals surface area contributed by atoms with E-state index >= 15 is 0 Å². The standard InChI is InChI=1S/C26H28N4O2S/c1-19(31)22-7-9-23(10-8-22)28-25(32)18-33-26-27-14-11-24(29-26)30-15-12-21(13-16-30)17-20-5-3-2-4-6-20/h2-11,14,21H,12-13,15-18H2,1H3,(H,28,32). The summed E-state index contributed by atoms with van der Waals surface area (Å²) < 4.78 is 0. The number of ketones is 1. The molecule has 3 aromatic rings. The Bertz CT molecular complexity index is 1080. The topological polar surface area (TPSA) is 75.2 Å². The van der Waals surface area contributed by atoms with Gasteiger partial charge < -0.3 is 10.2 Å². The van der Waals surface area contributed by atoms with E-state index in [2.05, 4.69) is 50.5 Å². The maximum absolute atomic E-state index is 12.3. The zero-order valence-electron chi connectivity index (χ0n) is 18.7. The monoisotopic (exact) mass is 460 g/mol. The van der Waals surface area contributed by atoms with E-state index in [9.17, 15) is 9.59 Å². The number of nitrogens with zero attached hydrogens (tertiary/aromatic N) is 3. The number of benzene rings is 2. The summed E-state index contributed by atoms with van der Waals surface area (Å²) in [6.07, 6.45) is 5.18. The molecule has 1 aromatic heterocycles. The van der Waals surface area contributed by atoms with E-state index in [1.165, 1.54) is 24.2 Å². The van der Waals surface area contributed by atoms with Crippen LogP contribution >= 0.6 is 11.8 Å². The van der Waals surface area contributed by atoms with Crippen molar-refractivity contribution in [3.63, 3.8) is 0 Å². The molecular weight excluding hydrogens is 432 g/mol. The summed E-state index contributed by atoms with van der Waals surface area (Å²) >= 11 is 1.32. The van der Waals surface area contributed by atoms with Gasteiger partial charge in [0.05, 0.1) is 5.75 Å². The van der Waals surface area contributed by atoms with Crippen LogP contribution in [-0.4, -0.2) is 40.5 Å². The van der Waals surface area contributed by atoms with Crippen LogP contribution in [0.3, 0.4) is 0 Å². The number of thioether (sulfide) groups is 1. The van der Waals surface area contributed by atoms with E-state index in [1.807, 2.05) is 6.07 Å². The first-order valence-electron chi connectivity index (χ1n) is 11.2. The molecule has 1 aliphatic heterocycles. The SMILES string of the molecule is CC(=O)c1ccc(NC(=O)CSc2nccc(N3CCC(Cc4ccccc4)CC3)n2)cc1. The second-order valence-electron chi connectivity index (χ2n) is 8.29. The maximum atomic E-state index is 12.3.